The Morgan fingerprint density at radius 2 is 2.10 bits per heavy atom. The first kappa shape index (κ1) is 15.8. The quantitative estimate of drug-likeness (QED) is 0.621. The lowest BCUT2D eigenvalue weighted by Crippen LogP contribution is -2.28. The minimum atomic E-state index is -0.0731. The number of halogens is 1. The number of benzene rings is 1. The van der Waals surface area contributed by atoms with Gasteiger partial charge in [0.1, 0.15) is 5.82 Å². The van der Waals surface area contributed by atoms with Gasteiger partial charge in [0, 0.05) is 4.47 Å². The lowest BCUT2D eigenvalue weighted by molar-refractivity contribution is -0.119. The molecular formula is C13H16BrN5OS. The second-order valence-corrected chi connectivity index (χ2v) is 6.39. The van der Waals surface area contributed by atoms with Crippen molar-refractivity contribution in [3.8, 4) is 0 Å². The van der Waals surface area contributed by atoms with Crippen molar-refractivity contribution in [2.45, 2.75) is 25.0 Å². The van der Waals surface area contributed by atoms with E-state index in [9.17, 15) is 4.79 Å². The van der Waals surface area contributed by atoms with Gasteiger partial charge in [-0.05, 0) is 31.5 Å². The van der Waals surface area contributed by atoms with E-state index in [1.807, 2.05) is 31.2 Å². The van der Waals surface area contributed by atoms with Gasteiger partial charge in [0.15, 0.2) is 0 Å². The Hall–Kier alpha value is -1.54. The highest BCUT2D eigenvalue weighted by molar-refractivity contribution is 9.10. The van der Waals surface area contributed by atoms with Crippen LogP contribution in [0.15, 0.2) is 33.9 Å². The van der Waals surface area contributed by atoms with Gasteiger partial charge < -0.3 is 11.2 Å². The number of nitrogens with one attached hydrogen (secondary N) is 1. The van der Waals surface area contributed by atoms with Gasteiger partial charge in [-0.25, -0.2) is 4.68 Å². The standard InChI is InChI=1S/C13H16BrN5OS/c1-8(10-3-5-11(14)6-4-10)16-12(20)7-21-13-18-17-9(2)19(13)15/h3-6,8H,7,15H2,1-2H3,(H,16,20)/t8-/m1/s1. The van der Waals surface area contributed by atoms with Crippen molar-refractivity contribution >= 4 is 33.6 Å². The third-order valence-electron chi connectivity index (χ3n) is 2.91. The summed E-state index contributed by atoms with van der Waals surface area (Å²) >= 11 is 4.65. The molecule has 3 N–H and O–H groups in total. The maximum absolute atomic E-state index is 11.9. The van der Waals surface area contributed by atoms with E-state index in [-0.39, 0.29) is 17.7 Å². The summed E-state index contributed by atoms with van der Waals surface area (Å²) in [6.07, 6.45) is 0. The Morgan fingerprint density at radius 3 is 2.67 bits per heavy atom. The largest absolute Gasteiger partial charge is 0.349 e. The summed E-state index contributed by atoms with van der Waals surface area (Å²) in [5, 5.41) is 11.2. The summed E-state index contributed by atoms with van der Waals surface area (Å²) in [6.45, 7) is 3.70. The van der Waals surface area contributed by atoms with Crippen LogP contribution in [-0.4, -0.2) is 26.5 Å². The molecule has 1 aromatic carbocycles. The minimum Gasteiger partial charge on any atom is -0.349 e. The maximum atomic E-state index is 11.9. The average Bonchev–Trinajstić information content (AvgIpc) is 2.77. The van der Waals surface area contributed by atoms with E-state index in [1.165, 1.54) is 16.4 Å². The molecule has 0 aliphatic carbocycles. The summed E-state index contributed by atoms with van der Waals surface area (Å²) < 4.78 is 2.38. The van der Waals surface area contributed by atoms with Crippen molar-refractivity contribution < 1.29 is 4.79 Å². The van der Waals surface area contributed by atoms with Gasteiger partial charge in [0.25, 0.3) is 0 Å². The number of nitrogens with zero attached hydrogens (tertiary/aromatic N) is 3. The zero-order chi connectivity index (χ0) is 15.4. The zero-order valence-corrected chi connectivity index (χ0v) is 14.1. The Balaban J connectivity index is 1.87. The van der Waals surface area contributed by atoms with Crippen LogP contribution in [0.1, 0.15) is 24.4 Å². The highest BCUT2D eigenvalue weighted by Gasteiger charge is 2.12. The molecule has 0 aliphatic rings. The molecule has 8 heteroatoms. The molecule has 1 heterocycles. The molecule has 6 nitrogen and oxygen atoms in total. The van der Waals surface area contributed by atoms with Crippen molar-refractivity contribution in [1.29, 1.82) is 0 Å². The Morgan fingerprint density at radius 1 is 1.43 bits per heavy atom. The van der Waals surface area contributed by atoms with Crippen LogP contribution < -0.4 is 11.2 Å². The maximum Gasteiger partial charge on any atom is 0.230 e. The van der Waals surface area contributed by atoms with E-state index >= 15 is 0 Å². The van der Waals surface area contributed by atoms with E-state index in [2.05, 4.69) is 31.4 Å². The van der Waals surface area contributed by atoms with Crippen LogP contribution in [0.5, 0.6) is 0 Å². The molecule has 0 spiro atoms. The first-order valence-electron chi connectivity index (χ1n) is 6.32. The van der Waals surface area contributed by atoms with Gasteiger partial charge in [-0.1, -0.05) is 39.8 Å². The molecule has 0 unspecified atom stereocenters. The third-order valence-corrected chi connectivity index (χ3v) is 4.39. The molecule has 2 aromatic rings. The topological polar surface area (TPSA) is 85.8 Å². The molecule has 112 valence electrons. The minimum absolute atomic E-state index is 0.0521. The van der Waals surface area contributed by atoms with Crippen molar-refractivity contribution in [2.75, 3.05) is 11.6 Å². The summed E-state index contributed by atoms with van der Waals surface area (Å²) in [7, 11) is 0. The lowest BCUT2D eigenvalue weighted by Gasteiger charge is -2.14. The van der Waals surface area contributed by atoms with Crippen molar-refractivity contribution in [2.24, 2.45) is 0 Å². The van der Waals surface area contributed by atoms with Gasteiger partial charge in [-0.3, -0.25) is 4.79 Å². The van der Waals surface area contributed by atoms with Crippen LogP contribution in [0.3, 0.4) is 0 Å². The number of thioether (sulfide) groups is 1. The fourth-order valence-corrected chi connectivity index (χ4v) is 2.67. The second kappa shape index (κ2) is 6.95. The molecule has 1 aromatic heterocycles. The SMILES string of the molecule is Cc1nnc(SCC(=O)N[C@H](C)c2ccc(Br)cc2)n1N. The molecule has 0 bridgehead atoms. The fourth-order valence-electron chi connectivity index (χ4n) is 1.70. The summed E-state index contributed by atoms with van der Waals surface area (Å²) in [4.78, 5) is 11.9. The van der Waals surface area contributed by atoms with Crippen LogP contribution in [0.25, 0.3) is 0 Å². The number of rotatable bonds is 5. The predicted molar refractivity (Wildman–Crippen MR) is 86.3 cm³/mol. The second-order valence-electron chi connectivity index (χ2n) is 4.53. The first-order chi connectivity index (χ1) is 9.97. The molecule has 2 rings (SSSR count). The lowest BCUT2D eigenvalue weighted by atomic mass is 10.1. The average molecular weight is 370 g/mol. The van der Waals surface area contributed by atoms with Gasteiger partial charge in [0.05, 0.1) is 11.8 Å². The molecule has 0 saturated carbocycles. The number of aromatic nitrogens is 3. The molecule has 21 heavy (non-hydrogen) atoms. The van der Waals surface area contributed by atoms with Gasteiger partial charge in [-0.2, -0.15) is 0 Å². The van der Waals surface area contributed by atoms with E-state index in [0.717, 1.165) is 10.0 Å². The van der Waals surface area contributed by atoms with Gasteiger partial charge in [0.2, 0.25) is 11.1 Å². The highest BCUT2D eigenvalue weighted by Crippen LogP contribution is 2.18. The van der Waals surface area contributed by atoms with E-state index in [0.29, 0.717) is 11.0 Å². The number of nitrogens with two attached hydrogens (primary N) is 1. The number of amides is 1. The van der Waals surface area contributed by atoms with Crippen LogP contribution in [0, 0.1) is 6.92 Å². The Kier molecular flexibility index (Phi) is 5.24. The van der Waals surface area contributed by atoms with E-state index in [1.54, 1.807) is 6.92 Å². The number of hydrogen-bond acceptors (Lipinski definition) is 5. The number of carbonyl (C=O) groups excluding carboxylic acids is 1. The Bertz CT molecular complexity index is 628. The number of aryl methyl sites for hydroxylation is 1. The van der Waals surface area contributed by atoms with Crippen LogP contribution in [-0.2, 0) is 4.79 Å². The number of hydrogen-bond donors (Lipinski definition) is 2. The Labute approximate surface area is 135 Å². The number of carbonyl (C=O) groups is 1. The smallest absolute Gasteiger partial charge is 0.230 e. The van der Waals surface area contributed by atoms with E-state index in [4.69, 9.17) is 5.84 Å². The predicted octanol–water partition coefficient (Wildman–Crippen LogP) is 2.03. The zero-order valence-electron chi connectivity index (χ0n) is 11.7. The van der Waals surface area contributed by atoms with Crippen molar-refractivity contribution in [3.63, 3.8) is 0 Å². The van der Waals surface area contributed by atoms with Crippen LogP contribution >= 0.6 is 27.7 Å². The summed E-state index contributed by atoms with van der Waals surface area (Å²) in [6, 6.07) is 7.80. The van der Waals surface area contributed by atoms with Crippen LogP contribution in [0.4, 0.5) is 0 Å². The normalized spacial score (nSPS) is 12.1. The highest BCUT2D eigenvalue weighted by atomic mass is 79.9. The molecule has 0 saturated heterocycles. The first-order valence-corrected chi connectivity index (χ1v) is 8.10. The molecule has 0 fully saturated rings. The number of nitrogen functional groups attached to an aromatic ring is 1. The third kappa shape index (κ3) is 4.21. The van der Waals surface area contributed by atoms with Gasteiger partial charge >= 0.3 is 0 Å². The molecule has 0 radical (unpaired) electrons. The monoisotopic (exact) mass is 369 g/mol. The summed E-state index contributed by atoms with van der Waals surface area (Å²) in [5.41, 5.74) is 1.05. The fraction of sp³-hybridized carbons (Fsp3) is 0.308. The van der Waals surface area contributed by atoms with Gasteiger partial charge in [-0.15, -0.1) is 10.2 Å². The van der Waals surface area contributed by atoms with E-state index < -0.39 is 0 Å². The van der Waals surface area contributed by atoms with Crippen molar-refractivity contribution in [1.82, 2.24) is 20.2 Å². The van der Waals surface area contributed by atoms with Crippen LogP contribution in [0.2, 0.25) is 0 Å². The molecule has 1 amide bonds. The molecule has 1 atom stereocenters. The molecule has 0 aliphatic heterocycles. The molecular weight excluding hydrogens is 354 g/mol. The summed E-state index contributed by atoms with van der Waals surface area (Å²) in [5.74, 6) is 6.52. The van der Waals surface area contributed by atoms with Crippen molar-refractivity contribution in [3.05, 3.63) is 40.1 Å².